The van der Waals surface area contributed by atoms with Gasteiger partial charge in [0.25, 0.3) is 0 Å². The summed E-state index contributed by atoms with van der Waals surface area (Å²) in [4.78, 5) is 11.2. The highest BCUT2D eigenvalue weighted by molar-refractivity contribution is 7.99. The van der Waals surface area contributed by atoms with Gasteiger partial charge in [0.05, 0.1) is 12.3 Å². The average Bonchev–Trinajstić information content (AvgIpc) is 3.08. The lowest BCUT2D eigenvalue weighted by Crippen LogP contribution is -2.06. The minimum absolute atomic E-state index is 0.126. The SMILES string of the molecule is CC(=O)Nc1cccc(-n2cnnc2SCCOc2ccc(F)cc2)c1. The topological polar surface area (TPSA) is 69.0 Å². The van der Waals surface area contributed by atoms with Gasteiger partial charge in [-0.05, 0) is 42.5 Å². The highest BCUT2D eigenvalue weighted by Gasteiger charge is 2.08. The summed E-state index contributed by atoms with van der Waals surface area (Å²) in [5, 5.41) is 11.6. The second-order valence-corrected chi connectivity index (χ2v) is 6.43. The fourth-order valence-electron chi connectivity index (χ4n) is 2.26. The van der Waals surface area contributed by atoms with Crippen molar-refractivity contribution in [3.63, 3.8) is 0 Å². The predicted molar refractivity (Wildman–Crippen MR) is 98.3 cm³/mol. The Bertz CT molecular complexity index is 883. The molecule has 0 radical (unpaired) electrons. The van der Waals surface area contributed by atoms with Gasteiger partial charge in [0.15, 0.2) is 5.16 Å². The van der Waals surface area contributed by atoms with Gasteiger partial charge in [0.2, 0.25) is 5.91 Å². The molecule has 0 saturated carbocycles. The Morgan fingerprint density at radius 2 is 2.08 bits per heavy atom. The Labute approximate surface area is 154 Å². The van der Waals surface area contributed by atoms with E-state index in [9.17, 15) is 9.18 Å². The third kappa shape index (κ3) is 4.82. The number of anilines is 1. The van der Waals surface area contributed by atoms with E-state index < -0.39 is 0 Å². The maximum Gasteiger partial charge on any atom is 0.221 e. The molecular formula is C18H17FN4O2S. The second kappa shape index (κ2) is 8.48. The molecule has 8 heteroatoms. The lowest BCUT2D eigenvalue weighted by molar-refractivity contribution is -0.114. The molecule has 1 N–H and O–H groups in total. The number of thioether (sulfide) groups is 1. The summed E-state index contributed by atoms with van der Waals surface area (Å²) < 4.78 is 20.3. The normalized spacial score (nSPS) is 10.5. The first-order valence-corrected chi connectivity index (χ1v) is 8.89. The van der Waals surface area contributed by atoms with Crippen LogP contribution in [-0.2, 0) is 4.79 Å². The molecule has 2 aromatic carbocycles. The van der Waals surface area contributed by atoms with Gasteiger partial charge in [-0.2, -0.15) is 0 Å². The molecule has 6 nitrogen and oxygen atoms in total. The van der Waals surface area contributed by atoms with Crippen LogP contribution in [0.25, 0.3) is 5.69 Å². The smallest absolute Gasteiger partial charge is 0.221 e. The lowest BCUT2D eigenvalue weighted by Gasteiger charge is -2.09. The van der Waals surface area contributed by atoms with Crippen LogP contribution in [0.3, 0.4) is 0 Å². The Morgan fingerprint density at radius 1 is 1.27 bits per heavy atom. The van der Waals surface area contributed by atoms with Gasteiger partial charge in [-0.25, -0.2) is 4.39 Å². The maximum absolute atomic E-state index is 12.9. The average molecular weight is 372 g/mol. The molecular weight excluding hydrogens is 355 g/mol. The van der Waals surface area contributed by atoms with Gasteiger partial charge in [0, 0.05) is 18.4 Å². The zero-order valence-corrected chi connectivity index (χ0v) is 14.9. The van der Waals surface area contributed by atoms with Crippen LogP contribution in [0.1, 0.15) is 6.92 Å². The number of hydrogen-bond donors (Lipinski definition) is 1. The summed E-state index contributed by atoms with van der Waals surface area (Å²) in [5.74, 6) is 0.859. The Balaban J connectivity index is 1.60. The third-order valence-electron chi connectivity index (χ3n) is 3.36. The molecule has 1 amide bonds. The first kappa shape index (κ1) is 17.9. The molecule has 0 bridgehead atoms. The number of benzene rings is 2. The molecule has 0 saturated heterocycles. The lowest BCUT2D eigenvalue weighted by atomic mass is 10.2. The number of nitrogens with one attached hydrogen (secondary N) is 1. The Hall–Kier alpha value is -2.87. The number of ether oxygens (including phenoxy) is 1. The van der Waals surface area contributed by atoms with E-state index in [2.05, 4.69) is 15.5 Å². The maximum atomic E-state index is 12.9. The van der Waals surface area contributed by atoms with Crippen molar-refractivity contribution in [1.29, 1.82) is 0 Å². The number of carbonyl (C=O) groups is 1. The standard InChI is InChI=1S/C18H17FN4O2S/c1-13(24)21-15-3-2-4-16(11-15)23-12-20-22-18(23)26-10-9-25-17-7-5-14(19)6-8-17/h2-8,11-12H,9-10H2,1H3,(H,21,24). The van der Waals surface area contributed by atoms with Crippen molar-refractivity contribution in [2.24, 2.45) is 0 Å². The molecule has 0 aliphatic rings. The molecule has 134 valence electrons. The second-order valence-electron chi connectivity index (χ2n) is 5.37. The fourth-order valence-corrected chi connectivity index (χ4v) is 3.01. The van der Waals surface area contributed by atoms with E-state index in [-0.39, 0.29) is 11.7 Å². The summed E-state index contributed by atoms with van der Waals surface area (Å²) in [5.41, 5.74) is 1.56. The van der Waals surface area contributed by atoms with Crippen molar-refractivity contribution in [3.05, 3.63) is 60.7 Å². The van der Waals surface area contributed by atoms with Gasteiger partial charge in [-0.1, -0.05) is 17.8 Å². The van der Waals surface area contributed by atoms with Crippen LogP contribution in [0, 0.1) is 5.82 Å². The number of rotatable bonds is 7. The predicted octanol–water partition coefficient (Wildman–Crippen LogP) is 3.54. The summed E-state index contributed by atoms with van der Waals surface area (Å²) in [6.45, 7) is 1.92. The van der Waals surface area contributed by atoms with Crippen molar-refractivity contribution in [2.45, 2.75) is 12.1 Å². The van der Waals surface area contributed by atoms with Gasteiger partial charge >= 0.3 is 0 Å². The van der Waals surface area contributed by atoms with Gasteiger partial charge in [0.1, 0.15) is 17.9 Å². The molecule has 0 aliphatic heterocycles. The molecule has 1 heterocycles. The van der Waals surface area contributed by atoms with Crippen LogP contribution in [-0.4, -0.2) is 33.0 Å². The molecule has 0 aliphatic carbocycles. The van der Waals surface area contributed by atoms with Crippen LogP contribution in [0.5, 0.6) is 5.75 Å². The third-order valence-corrected chi connectivity index (χ3v) is 4.27. The first-order valence-electron chi connectivity index (χ1n) is 7.91. The fraction of sp³-hybridized carbons (Fsp3) is 0.167. The molecule has 3 rings (SSSR count). The van der Waals surface area contributed by atoms with Crippen molar-refractivity contribution in [3.8, 4) is 11.4 Å². The van der Waals surface area contributed by atoms with E-state index >= 15 is 0 Å². The van der Waals surface area contributed by atoms with Crippen molar-refractivity contribution in [1.82, 2.24) is 14.8 Å². The number of aromatic nitrogens is 3. The zero-order chi connectivity index (χ0) is 18.4. The summed E-state index contributed by atoms with van der Waals surface area (Å²) in [6.07, 6.45) is 1.62. The molecule has 26 heavy (non-hydrogen) atoms. The van der Waals surface area contributed by atoms with E-state index in [0.29, 0.717) is 29.0 Å². The van der Waals surface area contributed by atoms with Crippen molar-refractivity contribution in [2.75, 3.05) is 17.7 Å². The van der Waals surface area contributed by atoms with Crippen LogP contribution in [0.2, 0.25) is 0 Å². The molecule has 0 atom stereocenters. The van der Waals surface area contributed by atoms with Crippen LogP contribution >= 0.6 is 11.8 Å². The van der Waals surface area contributed by atoms with E-state index in [1.165, 1.54) is 30.8 Å². The van der Waals surface area contributed by atoms with E-state index in [1.807, 2.05) is 28.8 Å². The van der Waals surface area contributed by atoms with Gasteiger partial charge in [-0.3, -0.25) is 9.36 Å². The number of amides is 1. The van der Waals surface area contributed by atoms with Crippen LogP contribution in [0.4, 0.5) is 10.1 Å². The van der Waals surface area contributed by atoms with Crippen LogP contribution in [0.15, 0.2) is 60.0 Å². The van der Waals surface area contributed by atoms with E-state index in [0.717, 1.165) is 5.69 Å². The summed E-state index contributed by atoms with van der Waals surface area (Å²) >= 11 is 1.49. The Morgan fingerprint density at radius 3 is 2.85 bits per heavy atom. The van der Waals surface area contributed by atoms with E-state index in [1.54, 1.807) is 18.5 Å². The number of carbonyl (C=O) groups excluding carboxylic acids is 1. The highest BCUT2D eigenvalue weighted by Crippen LogP contribution is 2.22. The Kier molecular flexibility index (Phi) is 5.85. The van der Waals surface area contributed by atoms with Crippen LogP contribution < -0.4 is 10.1 Å². The zero-order valence-electron chi connectivity index (χ0n) is 14.1. The van der Waals surface area contributed by atoms with Gasteiger partial charge < -0.3 is 10.1 Å². The highest BCUT2D eigenvalue weighted by atomic mass is 32.2. The number of halogens is 1. The quantitative estimate of drug-likeness (QED) is 0.507. The minimum Gasteiger partial charge on any atom is -0.493 e. The molecule has 0 fully saturated rings. The van der Waals surface area contributed by atoms with Gasteiger partial charge in [-0.15, -0.1) is 10.2 Å². The summed E-state index contributed by atoms with van der Waals surface area (Å²) in [7, 11) is 0. The number of nitrogens with zero attached hydrogens (tertiary/aromatic N) is 3. The molecule has 0 spiro atoms. The molecule has 0 unspecified atom stereocenters. The monoisotopic (exact) mass is 372 g/mol. The number of hydrogen-bond acceptors (Lipinski definition) is 5. The van der Waals surface area contributed by atoms with Crippen molar-refractivity contribution >= 4 is 23.4 Å². The van der Waals surface area contributed by atoms with Crippen molar-refractivity contribution < 1.29 is 13.9 Å². The minimum atomic E-state index is -0.290. The summed E-state index contributed by atoms with van der Waals surface area (Å²) in [6, 6.07) is 13.3. The largest absolute Gasteiger partial charge is 0.493 e. The van der Waals surface area contributed by atoms with E-state index in [4.69, 9.17) is 4.74 Å². The first-order chi connectivity index (χ1) is 12.6. The molecule has 3 aromatic rings. The molecule has 1 aromatic heterocycles.